The number of nitrogens with one attached hydrogen (secondary N) is 2. The van der Waals surface area contributed by atoms with Gasteiger partial charge in [-0.25, -0.2) is 13.8 Å². The van der Waals surface area contributed by atoms with Crippen LogP contribution in [0.5, 0.6) is 5.75 Å². The van der Waals surface area contributed by atoms with Gasteiger partial charge in [-0.1, -0.05) is 31.5 Å². The number of nitrogens with zero attached hydrogens (tertiary/aromatic N) is 1. The number of benzene rings is 2. The molecule has 27 heavy (non-hydrogen) atoms. The fourth-order valence-electron chi connectivity index (χ4n) is 2.25. The van der Waals surface area contributed by atoms with Gasteiger partial charge in [-0.3, -0.25) is 4.79 Å². The van der Waals surface area contributed by atoms with Gasteiger partial charge in [0.15, 0.2) is 0 Å². The summed E-state index contributed by atoms with van der Waals surface area (Å²) in [6.45, 7) is 5.34. The first kappa shape index (κ1) is 20.6. The smallest absolute Gasteiger partial charge is 0.258 e. The topological polar surface area (TPSA) is 108 Å². The second-order valence-corrected chi connectivity index (χ2v) is 8.20. The minimum absolute atomic E-state index is 0.0964. The zero-order chi connectivity index (χ0) is 20.0. The number of carbonyl (C=O) groups is 1. The van der Waals surface area contributed by atoms with E-state index >= 15 is 0 Å². The van der Waals surface area contributed by atoms with E-state index in [0.29, 0.717) is 5.56 Å². The lowest BCUT2D eigenvalue weighted by atomic mass is 10.1. The van der Waals surface area contributed by atoms with Gasteiger partial charge >= 0.3 is 0 Å². The van der Waals surface area contributed by atoms with Crippen molar-refractivity contribution in [1.29, 1.82) is 0 Å². The van der Waals surface area contributed by atoms with E-state index < -0.39 is 22.0 Å². The molecule has 2 rings (SSSR count). The van der Waals surface area contributed by atoms with Gasteiger partial charge in [0.2, 0.25) is 10.0 Å². The van der Waals surface area contributed by atoms with Gasteiger partial charge in [0.25, 0.3) is 5.91 Å². The average molecular weight is 389 g/mol. The molecule has 2 aromatic rings. The van der Waals surface area contributed by atoms with Crippen molar-refractivity contribution in [1.82, 2.24) is 10.1 Å². The number of phenolic OH excluding ortho intramolecular Hbond substituents is 1. The number of hydrogen-bond acceptors (Lipinski definition) is 5. The van der Waals surface area contributed by atoms with Crippen LogP contribution in [0.4, 0.5) is 0 Å². The summed E-state index contributed by atoms with van der Waals surface area (Å²) in [6.07, 6.45) is 1.41. The number of sulfonamides is 1. The Bertz CT molecular complexity index is 905. The first-order valence-electron chi connectivity index (χ1n) is 8.40. The van der Waals surface area contributed by atoms with E-state index in [1.54, 1.807) is 38.1 Å². The van der Waals surface area contributed by atoms with Crippen molar-refractivity contribution in [3.63, 3.8) is 0 Å². The molecule has 7 nitrogen and oxygen atoms in total. The molecule has 0 saturated carbocycles. The van der Waals surface area contributed by atoms with E-state index in [1.807, 2.05) is 6.92 Å². The Morgan fingerprint density at radius 3 is 2.22 bits per heavy atom. The summed E-state index contributed by atoms with van der Waals surface area (Å²) in [5, 5.41) is 13.1. The Morgan fingerprint density at radius 2 is 1.67 bits per heavy atom. The molecule has 1 amide bonds. The van der Waals surface area contributed by atoms with Crippen LogP contribution in [0.15, 0.2) is 58.5 Å². The molecule has 0 heterocycles. The normalized spacial score (nSPS) is 13.0. The second kappa shape index (κ2) is 8.79. The summed E-state index contributed by atoms with van der Waals surface area (Å²) >= 11 is 0. The number of carbonyl (C=O) groups excluding carboxylic acids is 1. The summed E-state index contributed by atoms with van der Waals surface area (Å²) in [7, 11) is -3.84. The Labute approximate surface area is 159 Å². The first-order chi connectivity index (χ1) is 12.7. The van der Waals surface area contributed by atoms with Gasteiger partial charge in [0.1, 0.15) is 11.8 Å². The van der Waals surface area contributed by atoms with Crippen molar-refractivity contribution in [2.24, 2.45) is 11.0 Å². The lowest BCUT2D eigenvalue weighted by Crippen LogP contribution is -2.48. The maximum atomic E-state index is 12.5. The lowest BCUT2D eigenvalue weighted by Gasteiger charge is -2.20. The molecular weight excluding hydrogens is 366 g/mol. The molecular formula is C19H23N3O4S. The summed E-state index contributed by atoms with van der Waals surface area (Å²) in [5.41, 5.74) is 3.97. The Balaban J connectivity index is 2.08. The number of amides is 1. The van der Waals surface area contributed by atoms with Gasteiger partial charge in [-0.15, -0.1) is 0 Å². The summed E-state index contributed by atoms with van der Waals surface area (Å²) in [6, 6.07) is 11.7. The summed E-state index contributed by atoms with van der Waals surface area (Å²) < 4.78 is 27.5. The summed E-state index contributed by atoms with van der Waals surface area (Å²) in [5.74, 6) is -0.716. The number of hydrazone groups is 1. The second-order valence-electron chi connectivity index (χ2n) is 6.48. The average Bonchev–Trinajstić information content (AvgIpc) is 2.61. The van der Waals surface area contributed by atoms with Crippen molar-refractivity contribution in [3.05, 3.63) is 59.7 Å². The molecule has 0 spiro atoms. The van der Waals surface area contributed by atoms with E-state index in [0.717, 1.165) is 5.56 Å². The van der Waals surface area contributed by atoms with Gasteiger partial charge in [0, 0.05) is 0 Å². The zero-order valence-electron chi connectivity index (χ0n) is 15.4. The van der Waals surface area contributed by atoms with Crippen LogP contribution in [0.3, 0.4) is 0 Å². The predicted molar refractivity (Wildman–Crippen MR) is 104 cm³/mol. The van der Waals surface area contributed by atoms with Gasteiger partial charge in [-0.05, 0) is 54.8 Å². The van der Waals surface area contributed by atoms with Crippen molar-refractivity contribution < 1.29 is 18.3 Å². The molecule has 2 aromatic carbocycles. The van der Waals surface area contributed by atoms with E-state index in [4.69, 9.17) is 0 Å². The van der Waals surface area contributed by atoms with Gasteiger partial charge in [0.05, 0.1) is 11.1 Å². The fraction of sp³-hybridized carbons (Fsp3) is 0.263. The van der Waals surface area contributed by atoms with Crippen LogP contribution in [0, 0.1) is 12.8 Å². The fourth-order valence-corrected chi connectivity index (χ4v) is 3.59. The standard InChI is InChI=1S/C19H23N3O4S/c1-13(2)18(22-27(25,26)17-10-4-14(3)5-11-17)19(24)21-20-12-15-6-8-16(23)9-7-15/h4-13,18,22-23H,1-3H3,(H,21,24)/b20-12+/t18-/m0/s1. The molecule has 0 aliphatic rings. The van der Waals surface area contributed by atoms with Crippen LogP contribution in [-0.4, -0.2) is 31.7 Å². The van der Waals surface area contributed by atoms with E-state index in [1.165, 1.54) is 30.5 Å². The molecule has 0 saturated heterocycles. The minimum Gasteiger partial charge on any atom is -0.508 e. The lowest BCUT2D eigenvalue weighted by molar-refractivity contribution is -0.123. The van der Waals surface area contributed by atoms with Crippen LogP contribution in [-0.2, 0) is 14.8 Å². The van der Waals surface area contributed by atoms with Gasteiger partial charge in [-0.2, -0.15) is 9.82 Å². The molecule has 0 fully saturated rings. The molecule has 0 unspecified atom stereocenters. The first-order valence-corrected chi connectivity index (χ1v) is 9.88. The highest BCUT2D eigenvalue weighted by Gasteiger charge is 2.28. The van der Waals surface area contributed by atoms with Crippen molar-refractivity contribution in [2.75, 3.05) is 0 Å². The monoisotopic (exact) mass is 389 g/mol. The van der Waals surface area contributed by atoms with Gasteiger partial charge < -0.3 is 5.11 Å². The molecule has 1 atom stereocenters. The van der Waals surface area contributed by atoms with Crippen LogP contribution in [0.2, 0.25) is 0 Å². The molecule has 0 aliphatic heterocycles. The molecule has 3 N–H and O–H groups in total. The Kier molecular flexibility index (Phi) is 6.70. The maximum Gasteiger partial charge on any atom is 0.258 e. The van der Waals surface area contributed by atoms with Crippen LogP contribution >= 0.6 is 0 Å². The van der Waals surface area contributed by atoms with E-state index in [2.05, 4.69) is 15.2 Å². The maximum absolute atomic E-state index is 12.5. The summed E-state index contributed by atoms with van der Waals surface area (Å²) in [4.78, 5) is 12.5. The molecule has 0 bridgehead atoms. The third kappa shape index (κ3) is 5.90. The van der Waals surface area contributed by atoms with Crippen LogP contribution in [0.1, 0.15) is 25.0 Å². The zero-order valence-corrected chi connectivity index (χ0v) is 16.2. The third-order valence-electron chi connectivity index (χ3n) is 3.84. The minimum atomic E-state index is -3.84. The number of rotatable bonds is 7. The SMILES string of the molecule is Cc1ccc(S(=O)(=O)N[C@H](C(=O)N/N=C/c2ccc(O)cc2)C(C)C)cc1. The van der Waals surface area contributed by atoms with Crippen LogP contribution in [0.25, 0.3) is 0 Å². The largest absolute Gasteiger partial charge is 0.508 e. The van der Waals surface area contributed by atoms with Crippen molar-refractivity contribution >= 4 is 22.1 Å². The number of aromatic hydroxyl groups is 1. The molecule has 0 radical (unpaired) electrons. The molecule has 0 aromatic heterocycles. The quantitative estimate of drug-likeness (QED) is 0.498. The number of aryl methyl sites for hydroxylation is 1. The predicted octanol–water partition coefficient (Wildman–Crippen LogP) is 2.15. The van der Waals surface area contributed by atoms with Crippen LogP contribution < -0.4 is 10.1 Å². The number of phenols is 1. The molecule has 8 heteroatoms. The third-order valence-corrected chi connectivity index (χ3v) is 5.30. The Morgan fingerprint density at radius 1 is 1.07 bits per heavy atom. The highest BCUT2D eigenvalue weighted by atomic mass is 32.2. The number of hydrogen-bond donors (Lipinski definition) is 3. The van der Waals surface area contributed by atoms with E-state index in [-0.39, 0.29) is 16.6 Å². The van der Waals surface area contributed by atoms with Crippen molar-refractivity contribution in [2.45, 2.75) is 31.7 Å². The molecule has 144 valence electrons. The Hall–Kier alpha value is -2.71. The highest BCUT2D eigenvalue weighted by molar-refractivity contribution is 7.89. The highest BCUT2D eigenvalue weighted by Crippen LogP contribution is 2.13. The molecule has 0 aliphatic carbocycles. The van der Waals surface area contributed by atoms with E-state index in [9.17, 15) is 18.3 Å². The van der Waals surface area contributed by atoms with Crippen molar-refractivity contribution in [3.8, 4) is 5.75 Å².